The Morgan fingerprint density at radius 1 is 1.36 bits per heavy atom. The van der Waals surface area contributed by atoms with Gasteiger partial charge in [-0.15, -0.1) is 0 Å². The number of alkyl halides is 3. The highest BCUT2D eigenvalue weighted by Gasteiger charge is 2.39. The predicted molar refractivity (Wildman–Crippen MR) is 73.7 cm³/mol. The molecule has 22 heavy (non-hydrogen) atoms. The molecule has 2 aromatic rings. The van der Waals surface area contributed by atoms with Gasteiger partial charge in [0, 0.05) is 22.3 Å². The fraction of sp³-hybridized carbons (Fsp3) is 0.250. The summed E-state index contributed by atoms with van der Waals surface area (Å²) in [6, 6.07) is 2.64. The Morgan fingerprint density at radius 3 is 2.50 bits per heavy atom. The number of H-pyrrole nitrogens is 1. The van der Waals surface area contributed by atoms with Gasteiger partial charge in [-0.1, -0.05) is 0 Å². The second-order valence-corrected chi connectivity index (χ2v) is 5.18. The molecule has 0 radical (unpaired) electrons. The van der Waals surface area contributed by atoms with Gasteiger partial charge < -0.3 is 10.1 Å². The van der Waals surface area contributed by atoms with E-state index in [1.807, 2.05) is 0 Å². The van der Waals surface area contributed by atoms with Crippen LogP contribution in [0, 0.1) is 10.1 Å². The number of nitro groups is 1. The van der Waals surface area contributed by atoms with Crippen molar-refractivity contribution in [3.63, 3.8) is 0 Å². The molecule has 0 fully saturated rings. The number of aliphatic hydroxyl groups is 1. The average molecular weight is 334 g/mol. The summed E-state index contributed by atoms with van der Waals surface area (Å²) in [4.78, 5) is 12.2. The average Bonchev–Trinajstić information content (AvgIpc) is 2.79. The quantitative estimate of drug-likeness (QED) is 0.511. The lowest BCUT2D eigenvalue weighted by atomic mass is 10.1. The van der Waals surface area contributed by atoms with E-state index in [9.17, 15) is 32.6 Å². The first-order valence-corrected chi connectivity index (χ1v) is 6.61. The number of fused-ring (bicyclic) bond motifs is 1. The molecule has 0 saturated heterocycles. The zero-order chi connectivity index (χ0) is 16.7. The Hall–Kier alpha value is -2.20. The van der Waals surface area contributed by atoms with Gasteiger partial charge in [0.05, 0.1) is 21.9 Å². The molecule has 0 amide bonds. The Kier molecular flexibility index (Phi) is 3.83. The summed E-state index contributed by atoms with van der Waals surface area (Å²) >= 11 is -0.00446. The van der Waals surface area contributed by atoms with Crippen LogP contribution in [-0.2, 0) is 23.0 Å². The number of aromatic amines is 1. The Labute approximate surface area is 124 Å². The predicted octanol–water partition coefficient (Wildman–Crippen LogP) is 2.32. The maximum Gasteiger partial charge on any atom is 0.423 e. The number of hydrogen-bond donors (Lipinski definition) is 2. The maximum absolute atomic E-state index is 12.9. The summed E-state index contributed by atoms with van der Waals surface area (Å²) in [5.74, 6) is 0. The van der Waals surface area contributed by atoms with Gasteiger partial charge >= 0.3 is 6.18 Å². The molecule has 0 spiro atoms. The number of rotatable bonds is 3. The van der Waals surface area contributed by atoms with Gasteiger partial charge in [0.2, 0.25) is 0 Å². The highest BCUT2D eigenvalue weighted by atomic mass is 32.1. The fourth-order valence-electron chi connectivity index (χ4n) is 1.98. The molecule has 1 aromatic carbocycles. The molecule has 2 rings (SSSR count). The number of benzene rings is 1. The van der Waals surface area contributed by atoms with E-state index in [1.54, 1.807) is 0 Å². The van der Waals surface area contributed by atoms with E-state index < -0.39 is 28.0 Å². The molecule has 1 aromatic heterocycles. The second-order valence-electron chi connectivity index (χ2n) is 4.76. The van der Waals surface area contributed by atoms with Crippen LogP contribution in [0.25, 0.3) is 10.9 Å². The topological polar surface area (TPSA) is 96.2 Å². The van der Waals surface area contributed by atoms with Crippen molar-refractivity contribution in [3.05, 3.63) is 39.6 Å². The number of nitro benzene ring substituents is 1. The Morgan fingerprint density at radius 2 is 2.00 bits per heavy atom. The van der Waals surface area contributed by atoms with Crippen molar-refractivity contribution in [2.75, 3.05) is 0 Å². The van der Waals surface area contributed by atoms with Crippen LogP contribution in [0.4, 0.5) is 18.9 Å². The van der Waals surface area contributed by atoms with Gasteiger partial charge in [-0.05, 0) is 19.1 Å². The summed E-state index contributed by atoms with van der Waals surface area (Å²) in [5.41, 5.74) is -4.15. The third-order valence-corrected chi connectivity index (χ3v) is 3.62. The van der Waals surface area contributed by atoms with Crippen molar-refractivity contribution in [3.8, 4) is 0 Å². The van der Waals surface area contributed by atoms with E-state index in [1.165, 1.54) is 13.0 Å². The van der Waals surface area contributed by atoms with Gasteiger partial charge in [0.15, 0.2) is 0 Å². The lowest BCUT2D eigenvalue weighted by Crippen LogP contribution is -2.23. The van der Waals surface area contributed by atoms with E-state index in [0.717, 1.165) is 11.4 Å². The Bertz CT molecular complexity index is 807. The van der Waals surface area contributed by atoms with Crippen LogP contribution in [0.5, 0.6) is 0 Å². The number of aromatic nitrogens is 1. The number of halogens is 3. The van der Waals surface area contributed by atoms with Crippen LogP contribution in [0.15, 0.2) is 18.2 Å². The minimum atomic E-state index is -4.89. The SMILES string of the molecule is CC(O)(C=S=O)c1cc2cc([N+](=O)[O-])c(C(F)(F)F)cc2[nH]1. The molecule has 0 aliphatic rings. The van der Waals surface area contributed by atoms with Crippen molar-refractivity contribution < 1.29 is 27.4 Å². The lowest BCUT2D eigenvalue weighted by molar-refractivity contribution is -0.387. The first-order valence-electron chi connectivity index (χ1n) is 5.80. The number of nitrogens with zero attached hydrogens (tertiary/aromatic N) is 1. The highest BCUT2D eigenvalue weighted by molar-refractivity contribution is 7.65. The molecule has 2 N–H and O–H groups in total. The minimum absolute atomic E-state index is 0.00446. The van der Waals surface area contributed by atoms with Crippen molar-refractivity contribution in [1.82, 2.24) is 4.98 Å². The van der Waals surface area contributed by atoms with Gasteiger partial charge in [0.25, 0.3) is 5.69 Å². The van der Waals surface area contributed by atoms with Gasteiger partial charge in [-0.3, -0.25) is 10.1 Å². The third kappa shape index (κ3) is 2.88. The van der Waals surface area contributed by atoms with Crippen LogP contribution in [0.3, 0.4) is 0 Å². The molecule has 0 aliphatic heterocycles. The maximum atomic E-state index is 12.9. The molecule has 10 heteroatoms. The molecule has 118 valence electrons. The van der Waals surface area contributed by atoms with Gasteiger partial charge in [-0.25, -0.2) is 4.21 Å². The molecule has 1 atom stereocenters. The van der Waals surface area contributed by atoms with Crippen molar-refractivity contribution in [1.29, 1.82) is 0 Å². The standard InChI is InChI=1S/C12H9F3N2O4S/c1-11(18,5-22-21)10-3-6-2-9(17(19)20)7(12(13,14)15)4-8(6)16-10/h2-5,16,18H,1H3. The summed E-state index contributed by atoms with van der Waals surface area (Å²) in [6.45, 7) is 1.27. The number of nitrogens with one attached hydrogen (secondary N) is 1. The largest absolute Gasteiger partial charge is 0.423 e. The zero-order valence-electron chi connectivity index (χ0n) is 11.0. The monoisotopic (exact) mass is 334 g/mol. The minimum Gasteiger partial charge on any atom is -0.379 e. The van der Waals surface area contributed by atoms with Crippen molar-refractivity contribution in [2.24, 2.45) is 0 Å². The molecule has 0 saturated carbocycles. The molecule has 0 bridgehead atoms. The van der Waals surface area contributed by atoms with Crippen LogP contribution >= 0.6 is 0 Å². The highest BCUT2D eigenvalue weighted by Crippen LogP contribution is 2.39. The van der Waals surface area contributed by atoms with Gasteiger partial charge in [-0.2, -0.15) is 13.2 Å². The van der Waals surface area contributed by atoms with Gasteiger partial charge in [0.1, 0.15) is 11.2 Å². The van der Waals surface area contributed by atoms with Crippen LogP contribution in [0.1, 0.15) is 18.2 Å². The smallest absolute Gasteiger partial charge is 0.379 e. The van der Waals surface area contributed by atoms with Crippen LogP contribution in [-0.4, -0.2) is 24.6 Å². The van der Waals surface area contributed by atoms with E-state index in [0.29, 0.717) is 6.07 Å². The van der Waals surface area contributed by atoms with Crippen molar-refractivity contribution in [2.45, 2.75) is 18.7 Å². The number of hydrogen-bond acceptors (Lipinski definition) is 4. The van der Waals surface area contributed by atoms with E-state index in [-0.39, 0.29) is 27.9 Å². The summed E-state index contributed by atoms with van der Waals surface area (Å²) in [6.07, 6.45) is -4.89. The molecule has 6 nitrogen and oxygen atoms in total. The molecule has 1 heterocycles. The second kappa shape index (κ2) is 5.21. The molecule has 0 aliphatic carbocycles. The first-order chi connectivity index (χ1) is 10.1. The summed E-state index contributed by atoms with van der Waals surface area (Å²) < 4.78 is 49.2. The summed E-state index contributed by atoms with van der Waals surface area (Å²) in [5, 5.41) is 21.9. The Balaban J connectivity index is 2.73. The molecule has 1 unspecified atom stereocenters. The van der Waals surface area contributed by atoms with E-state index >= 15 is 0 Å². The van der Waals surface area contributed by atoms with E-state index in [4.69, 9.17) is 0 Å². The van der Waals surface area contributed by atoms with Crippen LogP contribution < -0.4 is 0 Å². The van der Waals surface area contributed by atoms with E-state index in [2.05, 4.69) is 4.98 Å². The van der Waals surface area contributed by atoms with Crippen molar-refractivity contribution >= 4 is 33.2 Å². The third-order valence-electron chi connectivity index (χ3n) is 3.06. The summed E-state index contributed by atoms with van der Waals surface area (Å²) in [7, 11) is 0. The zero-order valence-corrected chi connectivity index (χ0v) is 11.8. The first kappa shape index (κ1) is 16.2. The molecular formula is C12H9F3N2O4S. The van der Waals surface area contributed by atoms with Crippen LogP contribution in [0.2, 0.25) is 0 Å². The normalized spacial score (nSPS) is 14.6. The molecular weight excluding hydrogens is 325 g/mol. The fourth-order valence-corrected chi connectivity index (χ4v) is 2.29. The lowest BCUT2D eigenvalue weighted by Gasteiger charge is -2.14.